The Labute approximate surface area is 99.3 Å². The Morgan fingerprint density at radius 1 is 1.47 bits per heavy atom. The highest BCUT2D eigenvalue weighted by molar-refractivity contribution is 5.85. The van der Waals surface area contributed by atoms with Gasteiger partial charge in [0.25, 0.3) is 0 Å². The predicted octanol–water partition coefficient (Wildman–Crippen LogP) is 0.670. The van der Waals surface area contributed by atoms with Gasteiger partial charge in [0.2, 0.25) is 5.91 Å². The van der Waals surface area contributed by atoms with Crippen LogP contribution >= 0.6 is 0 Å². The molecule has 0 saturated heterocycles. The van der Waals surface area contributed by atoms with Crippen molar-refractivity contribution >= 4 is 17.6 Å². The van der Waals surface area contributed by atoms with Crippen molar-refractivity contribution in [3.8, 4) is 0 Å². The third-order valence-corrected chi connectivity index (χ3v) is 2.33. The molecule has 6 nitrogen and oxygen atoms in total. The predicted molar refractivity (Wildman–Crippen MR) is 63.0 cm³/mol. The summed E-state index contributed by atoms with van der Waals surface area (Å²) in [6.07, 6.45) is 1.39. The number of hydrogen-bond donors (Lipinski definition) is 2. The van der Waals surface area contributed by atoms with E-state index in [1.54, 1.807) is 18.0 Å². The van der Waals surface area contributed by atoms with Gasteiger partial charge in [-0.2, -0.15) is 0 Å². The second kappa shape index (κ2) is 5.83. The molecule has 0 aliphatic rings. The lowest BCUT2D eigenvalue weighted by Crippen LogP contribution is -2.31. The molecule has 0 radical (unpaired) electrons. The maximum atomic E-state index is 11.5. The molecule has 2 N–H and O–H groups in total. The molecular formula is C11H15N3O3. The van der Waals surface area contributed by atoms with Crippen LogP contribution in [0.25, 0.3) is 0 Å². The molecule has 0 spiro atoms. The summed E-state index contributed by atoms with van der Waals surface area (Å²) in [5.41, 5.74) is 0.598. The van der Waals surface area contributed by atoms with Gasteiger partial charge < -0.3 is 15.3 Å². The van der Waals surface area contributed by atoms with Crippen molar-refractivity contribution in [1.82, 2.24) is 9.88 Å². The number of anilines is 1. The highest BCUT2D eigenvalue weighted by Crippen LogP contribution is 2.05. The zero-order valence-electron chi connectivity index (χ0n) is 9.80. The van der Waals surface area contributed by atoms with Crippen LogP contribution in [0.15, 0.2) is 18.3 Å². The zero-order valence-corrected chi connectivity index (χ0v) is 9.80. The van der Waals surface area contributed by atoms with Crippen molar-refractivity contribution in [3.05, 3.63) is 24.0 Å². The van der Waals surface area contributed by atoms with Crippen LogP contribution in [0.5, 0.6) is 0 Å². The standard InChI is InChI=1S/C11H15N3O3/c1-3-14(2)10(15)7-12-8-4-5-9(11(16)17)13-6-8/h4-6,12H,3,7H2,1-2H3,(H,16,17). The van der Waals surface area contributed by atoms with Gasteiger partial charge in [0.05, 0.1) is 18.4 Å². The van der Waals surface area contributed by atoms with Crippen molar-refractivity contribution in [2.75, 3.05) is 25.5 Å². The quantitative estimate of drug-likeness (QED) is 0.786. The number of nitrogens with one attached hydrogen (secondary N) is 1. The number of hydrogen-bond acceptors (Lipinski definition) is 4. The fourth-order valence-electron chi connectivity index (χ4n) is 1.11. The molecule has 1 rings (SSSR count). The SMILES string of the molecule is CCN(C)C(=O)CNc1ccc(C(=O)O)nc1. The molecule has 0 fully saturated rings. The van der Waals surface area contributed by atoms with E-state index in [9.17, 15) is 9.59 Å². The molecule has 1 aromatic heterocycles. The molecule has 0 atom stereocenters. The first kappa shape index (κ1) is 13.0. The monoisotopic (exact) mass is 237 g/mol. The Hall–Kier alpha value is -2.11. The Balaban J connectivity index is 2.53. The van der Waals surface area contributed by atoms with Gasteiger partial charge in [-0.3, -0.25) is 4.79 Å². The lowest BCUT2D eigenvalue weighted by atomic mass is 10.3. The van der Waals surface area contributed by atoms with Crippen LogP contribution in [0.1, 0.15) is 17.4 Å². The Kier molecular flexibility index (Phi) is 4.45. The van der Waals surface area contributed by atoms with E-state index < -0.39 is 5.97 Å². The third kappa shape index (κ3) is 3.75. The van der Waals surface area contributed by atoms with Crippen molar-refractivity contribution in [1.29, 1.82) is 0 Å². The molecule has 1 heterocycles. The van der Waals surface area contributed by atoms with E-state index in [1.165, 1.54) is 12.3 Å². The highest BCUT2D eigenvalue weighted by Gasteiger charge is 2.07. The highest BCUT2D eigenvalue weighted by atomic mass is 16.4. The molecule has 6 heteroatoms. The largest absolute Gasteiger partial charge is 0.477 e. The first-order valence-electron chi connectivity index (χ1n) is 5.21. The normalized spacial score (nSPS) is 9.76. The second-order valence-electron chi connectivity index (χ2n) is 3.50. The van der Waals surface area contributed by atoms with Crippen molar-refractivity contribution in [3.63, 3.8) is 0 Å². The van der Waals surface area contributed by atoms with E-state index in [0.29, 0.717) is 12.2 Å². The van der Waals surface area contributed by atoms with Gasteiger partial charge in [-0.25, -0.2) is 9.78 Å². The van der Waals surface area contributed by atoms with Crippen LogP contribution in [0.4, 0.5) is 5.69 Å². The van der Waals surface area contributed by atoms with E-state index in [4.69, 9.17) is 5.11 Å². The number of carbonyl (C=O) groups is 2. The van der Waals surface area contributed by atoms with Crippen LogP contribution in [-0.2, 0) is 4.79 Å². The molecular weight excluding hydrogens is 222 g/mol. The van der Waals surface area contributed by atoms with Gasteiger partial charge in [0.1, 0.15) is 5.69 Å². The molecule has 1 aromatic rings. The summed E-state index contributed by atoms with van der Waals surface area (Å²) >= 11 is 0. The number of pyridine rings is 1. The molecule has 0 unspecified atom stereocenters. The Bertz CT molecular complexity index is 403. The van der Waals surface area contributed by atoms with Gasteiger partial charge in [-0.15, -0.1) is 0 Å². The van der Waals surface area contributed by atoms with E-state index in [-0.39, 0.29) is 18.1 Å². The maximum absolute atomic E-state index is 11.5. The number of rotatable bonds is 5. The summed E-state index contributed by atoms with van der Waals surface area (Å²) in [6.45, 7) is 2.70. The minimum Gasteiger partial charge on any atom is -0.477 e. The number of amides is 1. The van der Waals surface area contributed by atoms with E-state index in [1.807, 2.05) is 6.92 Å². The van der Waals surface area contributed by atoms with Gasteiger partial charge in [-0.05, 0) is 19.1 Å². The lowest BCUT2D eigenvalue weighted by molar-refractivity contribution is -0.127. The van der Waals surface area contributed by atoms with Crippen molar-refractivity contribution in [2.24, 2.45) is 0 Å². The van der Waals surface area contributed by atoms with Crippen molar-refractivity contribution in [2.45, 2.75) is 6.92 Å². The molecule has 0 aromatic carbocycles. The summed E-state index contributed by atoms with van der Waals surface area (Å²) in [5, 5.41) is 11.5. The Morgan fingerprint density at radius 2 is 2.18 bits per heavy atom. The topological polar surface area (TPSA) is 82.5 Å². The smallest absolute Gasteiger partial charge is 0.354 e. The number of carboxylic acid groups (broad SMARTS) is 1. The summed E-state index contributed by atoms with van der Waals surface area (Å²) in [5.74, 6) is -1.10. The second-order valence-corrected chi connectivity index (χ2v) is 3.50. The molecule has 0 aliphatic heterocycles. The van der Waals surface area contributed by atoms with Crippen molar-refractivity contribution < 1.29 is 14.7 Å². The number of likely N-dealkylation sites (N-methyl/N-ethyl adjacent to an activating group) is 1. The summed E-state index contributed by atoms with van der Waals surface area (Å²) < 4.78 is 0. The minimum atomic E-state index is -1.07. The van der Waals surface area contributed by atoms with Gasteiger partial charge in [0.15, 0.2) is 0 Å². The Morgan fingerprint density at radius 3 is 2.65 bits per heavy atom. The third-order valence-electron chi connectivity index (χ3n) is 2.33. The number of carbonyl (C=O) groups excluding carboxylic acids is 1. The van der Waals surface area contributed by atoms with Gasteiger partial charge in [-0.1, -0.05) is 0 Å². The average Bonchev–Trinajstić information content (AvgIpc) is 2.35. The molecule has 0 bridgehead atoms. The molecule has 0 saturated carbocycles. The number of nitrogens with zero attached hydrogens (tertiary/aromatic N) is 2. The summed E-state index contributed by atoms with van der Waals surface area (Å²) in [6, 6.07) is 2.97. The number of carboxylic acids is 1. The van der Waals surface area contributed by atoms with Crippen LogP contribution in [0, 0.1) is 0 Å². The molecule has 92 valence electrons. The van der Waals surface area contributed by atoms with Crippen LogP contribution in [-0.4, -0.2) is 47.0 Å². The molecule has 1 amide bonds. The number of aromatic carboxylic acids is 1. The lowest BCUT2D eigenvalue weighted by Gasteiger charge is -2.15. The number of aromatic nitrogens is 1. The zero-order chi connectivity index (χ0) is 12.8. The van der Waals surface area contributed by atoms with E-state index in [2.05, 4.69) is 10.3 Å². The summed E-state index contributed by atoms with van der Waals surface area (Å²) in [7, 11) is 1.72. The average molecular weight is 237 g/mol. The van der Waals surface area contributed by atoms with Crippen LogP contribution in [0.2, 0.25) is 0 Å². The fraction of sp³-hybridized carbons (Fsp3) is 0.364. The first-order chi connectivity index (χ1) is 8.04. The summed E-state index contributed by atoms with van der Waals surface area (Å²) in [4.78, 5) is 27.4. The van der Waals surface area contributed by atoms with Crippen LogP contribution < -0.4 is 5.32 Å². The van der Waals surface area contributed by atoms with Gasteiger partial charge in [0, 0.05) is 13.6 Å². The van der Waals surface area contributed by atoms with E-state index in [0.717, 1.165) is 0 Å². The maximum Gasteiger partial charge on any atom is 0.354 e. The fourth-order valence-corrected chi connectivity index (χ4v) is 1.11. The van der Waals surface area contributed by atoms with Crippen LogP contribution in [0.3, 0.4) is 0 Å². The minimum absolute atomic E-state index is 0.0208. The molecule has 0 aliphatic carbocycles. The molecule has 17 heavy (non-hydrogen) atoms. The van der Waals surface area contributed by atoms with E-state index >= 15 is 0 Å². The first-order valence-corrected chi connectivity index (χ1v) is 5.21. The van der Waals surface area contributed by atoms with Gasteiger partial charge >= 0.3 is 5.97 Å².